The van der Waals surface area contributed by atoms with Gasteiger partial charge in [0.2, 0.25) is 11.8 Å². The monoisotopic (exact) mass is 1000 g/mol. The summed E-state index contributed by atoms with van der Waals surface area (Å²) in [5.74, 6) is 0.925. The molecule has 71 heavy (non-hydrogen) atoms. The summed E-state index contributed by atoms with van der Waals surface area (Å²) < 4.78 is 11.8. The van der Waals surface area contributed by atoms with Crippen molar-refractivity contribution >= 4 is 23.8 Å². The fourth-order valence-electron chi connectivity index (χ4n) is 10.7. The molecule has 10 nitrogen and oxygen atoms in total. The Morgan fingerprint density at radius 1 is 0.563 bits per heavy atom. The average Bonchev–Trinajstić information content (AvgIpc) is 3.75. The van der Waals surface area contributed by atoms with Gasteiger partial charge in [0.25, 0.3) is 0 Å². The Morgan fingerprint density at radius 3 is 1.65 bits per heavy atom. The molecule has 2 amide bonds. The van der Waals surface area contributed by atoms with Crippen LogP contribution in [0.4, 0.5) is 0 Å². The van der Waals surface area contributed by atoms with E-state index in [1.165, 1.54) is 135 Å². The summed E-state index contributed by atoms with van der Waals surface area (Å²) in [5.41, 5.74) is -0.402. The zero-order chi connectivity index (χ0) is 52.5. The van der Waals surface area contributed by atoms with Crippen molar-refractivity contribution in [2.24, 2.45) is 11.3 Å². The number of hydrogen-bond donors (Lipinski definition) is 0. The molecule has 0 unspecified atom stereocenters. The summed E-state index contributed by atoms with van der Waals surface area (Å²) in [6.07, 6.45) is 41.2. The number of likely N-dealkylation sites (tertiary alicyclic amines) is 1. The van der Waals surface area contributed by atoms with Crippen LogP contribution in [0, 0.1) is 11.3 Å². The van der Waals surface area contributed by atoms with Gasteiger partial charge in [-0.25, -0.2) is 0 Å². The Morgan fingerprint density at radius 2 is 1.06 bits per heavy atom. The van der Waals surface area contributed by atoms with E-state index in [0.29, 0.717) is 45.0 Å². The van der Waals surface area contributed by atoms with Gasteiger partial charge in [-0.15, -0.1) is 0 Å². The average molecular weight is 1000 g/mol. The number of amides is 2. The van der Waals surface area contributed by atoms with Gasteiger partial charge < -0.3 is 24.2 Å². The third-order valence-corrected chi connectivity index (χ3v) is 15.7. The van der Waals surface area contributed by atoms with Crippen molar-refractivity contribution in [1.82, 2.24) is 19.6 Å². The summed E-state index contributed by atoms with van der Waals surface area (Å²) in [4.78, 5) is 61.4. The van der Waals surface area contributed by atoms with Crippen LogP contribution in [-0.2, 0) is 28.7 Å². The van der Waals surface area contributed by atoms with Crippen LogP contribution in [0.3, 0.4) is 0 Å². The second-order valence-electron chi connectivity index (χ2n) is 23.1. The van der Waals surface area contributed by atoms with Gasteiger partial charge in [0.05, 0.1) is 13.0 Å². The van der Waals surface area contributed by atoms with Crippen molar-refractivity contribution in [1.29, 1.82) is 0 Å². The summed E-state index contributed by atoms with van der Waals surface area (Å²) in [5, 5.41) is 0. The number of unbranched alkanes of at least 4 members (excludes halogenated alkanes) is 21. The van der Waals surface area contributed by atoms with Gasteiger partial charge in [-0.2, -0.15) is 0 Å². The quantitative estimate of drug-likeness (QED) is 0.0439. The highest BCUT2D eigenvalue weighted by atomic mass is 16.5. The molecule has 0 radical (unpaired) electrons. The molecule has 1 rings (SSSR count). The molecule has 0 spiro atoms. The number of carbonyl (C=O) groups is 4. The van der Waals surface area contributed by atoms with Crippen molar-refractivity contribution in [3.63, 3.8) is 0 Å². The lowest BCUT2D eigenvalue weighted by Crippen LogP contribution is -2.44. The maximum atomic E-state index is 14.0. The van der Waals surface area contributed by atoms with Crippen LogP contribution >= 0.6 is 0 Å². The number of nitrogens with zero attached hydrogens (tertiary/aromatic N) is 4. The first-order valence-corrected chi connectivity index (χ1v) is 30.5. The lowest BCUT2D eigenvalue weighted by atomic mass is 9.84. The molecule has 0 N–H and O–H groups in total. The first-order chi connectivity index (χ1) is 34.2. The van der Waals surface area contributed by atoms with Crippen molar-refractivity contribution in [2.45, 2.75) is 297 Å². The normalized spacial score (nSPS) is 15.3. The van der Waals surface area contributed by atoms with E-state index in [-0.39, 0.29) is 29.9 Å². The van der Waals surface area contributed by atoms with Crippen LogP contribution in [0.2, 0.25) is 0 Å². The van der Waals surface area contributed by atoms with E-state index >= 15 is 0 Å². The standard InChI is InChI=1S/C61H118N4O6/c1-11-15-19-21-24-32-42-54(43-33-25-22-20-16-12-2)64(10)60(69)61(5,6)46-35-27-29-37-50-70-59(68)56-51-55(71-58(67)45-49-62(7)8)52-65(56)48-36-28-23-26-34-44-57(66)63(9)47-38-41-53(39-30-17-13-3)40-31-18-14-4/h53-56H,11-52H2,1-10H3/t55-,56-/m0/s1. The molecule has 1 aliphatic heterocycles. The Labute approximate surface area is 440 Å². The maximum absolute atomic E-state index is 14.0. The van der Waals surface area contributed by atoms with Gasteiger partial charge in [0, 0.05) is 58.0 Å². The van der Waals surface area contributed by atoms with E-state index in [2.05, 4.69) is 58.4 Å². The SMILES string of the molecule is CCCCCCCCC(CCCCCCCC)N(C)C(=O)C(C)(C)CCCCCCOC(=O)[C@@H]1C[C@H](OC(=O)CCN(C)C)CN1CCCCCCCC(=O)N(C)CCCC(CCCCC)CCCCC. The van der Waals surface area contributed by atoms with Crippen LogP contribution in [-0.4, -0.2) is 123 Å². The molecule has 0 aromatic carbocycles. The highest BCUT2D eigenvalue weighted by molar-refractivity contribution is 5.82. The van der Waals surface area contributed by atoms with Crippen LogP contribution in [0.1, 0.15) is 279 Å². The first-order valence-electron chi connectivity index (χ1n) is 30.5. The zero-order valence-corrected chi connectivity index (χ0v) is 48.7. The number of carbonyl (C=O) groups excluding carboxylic acids is 4. The first kappa shape index (κ1) is 66.8. The lowest BCUT2D eigenvalue weighted by molar-refractivity contribution is -0.151. The smallest absolute Gasteiger partial charge is 0.323 e. The van der Waals surface area contributed by atoms with E-state index in [4.69, 9.17) is 9.47 Å². The van der Waals surface area contributed by atoms with Gasteiger partial charge >= 0.3 is 11.9 Å². The van der Waals surface area contributed by atoms with Crippen molar-refractivity contribution < 1.29 is 28.7 Å². The van der Waals surface area contributed by atoms with E-state index in [0.717, 1.165) is 102 Å². The lowest BCUT2D eigenvalue weighted by Gasteiger charge is -2.35. The Balaban J connectivity index is 2.57. The van der Waals surface area contributed by atoms with E-state index in [1.54, 1.807) is 0 Å². The molecule has 10 heteroatoms. The molecular weight excluding hydrogens is 885 g/mol. The second-order valence-corrected chi connectivity index (χ2v) is 23.1. The van der Waals surface area contributed by atoms with E-state index < -0.39 is 11.5 Å². The molecule has 0 aromatic rings. The second kappa shape index (κ2) is 43.1. The minimum absolute atomic E-state index is 0.214. The van der Waals surface area contributed by atoms with Gasteiger partial charge in [0.1, 0.15) is 12.1 Å². The topological polar surface area (TPSA) is 99.7 Å². The summed E-state index contributed by atoms with van der Waals surface area (Å²) >= 11 is 0. The van der Waals surface area contributed by atoms with Gasteiger partial charge in [-0.1, -0.05) is 208 Å². The van der Waals surface area contributed by atoms with Crippen LogP contribution in [0.5, 0.6) is 0 Å². The number of esters is 2. The third kappa shape index (κ3) is 33.4. The number of ether oxygens (including phenoxy) is 2. The summed E-state index contributed by atoms with van der Waals surface area (Å²) in [7, 11) is 7.93. The molecular formula is C61H118N4O6. The fourth-order valence-corrected chi connectivity index (χ4v) is 10.7. The summed E-state index contributed by atoms with van der Waals surface area (Å²) in [6.45, 7) is 16.5. The van der Waals surface area contributed by atoms with Gasteiger partial charge in [-0.05, 0) is 77.9 Å². The Kier molecular flexibility index (Phi) is 40.5. The molecule has 1 heterocycles. The van der Waals surface area contributed by atoms with Crippen molar-refractivity contribution in [3.8, 4) is 0 Å². The molecule has 0 saturated carbocycles. The minimum atomic E-state index is -0.410. The van der Waals surface area contributed by atoms with E-state index in [9.17, 15) is 19.2 Å². The zero-order valence-electron chi connectivity index (χ0n) is 48.7. The van der Waals surface area contributed by atoms with Crippen LogP contribution in [0.25, 0.3) is 0 Å². The fraction of sp³-hybridized carbons (Fsp3) is 0.934. The molecule has 2 atom stereocenters. The maximum Gasteiger partial charge on any atom is 0.323 e. The molecule has 0 bridgehead atoms. The highest BCUT2D eigenvalue weighted by Gasteiger charge is 2.39. The molecule has 418 valence electrons. The van der Waals surface area contributed by atoms with Crippen molar-refractivity contribution in [2.75, 3.05) is 61.0 Å². The van der Waals surface area contributed by atoms with E-state index in [1.807, 2.05) is 30.9 Å². The molecule has 1 fully saturated rings. The summed E-state index contributed by atoms with van der Waals surface area (Å²) in [6, 6.07) is -0.0825. The number of rotatable bonds is 48. The van der Waals surface area contributed by atoms with Crippen LogP contribution < -0.4 is 0 Å². The third-order valence-electron chi connectivity index (χ3n) is 15.7. The molecule has 0 aliphatic carbocycles. The van der Waals surface area contributed by atoms with Crippen molar-refractivity contribution in [3.05, 3.63) is 0 Å². The van der Waals surface area contributed by atoms with Gasteiger partial charge in [0.15, 0.2) is 0 Å². The predicted octanol–water partition coefficient (Wildman–Crippen LogP) is 15.1. The molecule has 1 saturated heterocycles. The Hall–Kier alpha value is -2.20. The van der Waals surface area contributed by atoms with Crippen LogP contribution in [0.15, 0.2) is 0 Å². The minimum Gasteiger partial charge on any atom is -0.465 e. The molecule has 0 aromatic heterocycles. The van der Waals surface area contributed by atoms with Gasteiger partial charge in [-0.3, -0.25) is 24.1 Å². The molecule has 1 aliphatic rings. The highest BCUT2D eigenvalue weighted by Crippen LogP contribution is 2.30. The number of hydrogen-bond acceptors (Lipinski definition) is 8. The largest absolute Gasteiger partial charge is 0.465 e. The Bertz CT molecular complexity index is 1300. The predicted molar refractivity (Wildman–Crippen MR) is 300 cm³/mol.